The van der Waals surface area contributed by atoms with Crippen LogP contribution in [0.25, 0.3) is 0 Å². The van der Waals surface area contributed by atoms with Crippen LogP contribution in [0.2, 0.25) is 0 Å². The van der Waals surface area contributed by atoms with Crippen molar-refractivity contribution in [1.82, 2.24) is 10.2 Å². The molecule has 1 aliphatic heterocycles. The van der Waals surface area contributed by atoms with Crippen molar-refractivity contribution in [2.45, 2.75) is 52.2 Å². The van der Waals surface area contributed by atoms with E-state index in [4.69, 9.17) is 0 Å². The maximum atomic E-state index is 3.73. The Labute approximate surface area is 129 Å². The van der Waals surface area contributed by atoms with E-state index in [0.29, 0.717) is 12.0 Å². The Balaban J connectivity index is 2.11. The number of hydrogen-bond acceptors (Lipinski definition) is 3. The van der Waals surface area contributed by atoms with E-state index in [9.17, 15) is 0 Å². The van der Waals surface area contributed by atoms with Crippen LogP contribution >= 0.6 is 27.3 Å². The Morgan fingerprint density at radius 3 is 2.79 bits per heavy atom. The minimum Gasteiger partial charge on any atom is -0.311 e. The van der Waals surface area contributed by atoms with Crippen molar-refractivity contribution in [2.24, 2.45) is 5.92 Å². The molecule has 1 fully saturated rings. The number of rotatable bonds is 4. The molecular weight excluding hydrogens is 320 g/mol. The Bertz CT molecular complexity index is 418. The Kier molecular flexibility index (Phi) is 5.09. The fourth-order valence-electron chi connectivity index (χ4n) is 2.66. The molecule has 1 aromatic rings. The summed E-state index contributed by atoms with van der Waals surface area (Å²) in [4.78, 5) is 4.13. The molecule has 2 unspecified atom stereocenters. The summed E-state index contributed by atoms with van der Waals surface area (Å²) >= 11 is 5.42. The lowest BCUT2D eigenvalue weighted by molar-refractivity contribution is 0.0325. The number of nitrogens with one attached hydrogen (secondary N) is 1. The summed E-state index contributed by atoms with van der Waals surface area (Å²) in [5.74, 6) is 0.693. The third-order valence-electron chi connectivity index (χ3n) is 4.47. The summed E-state index contributed by atoms with van der Waals surface area (Å²) in [5, 5.41) is 3.73. The van der Waals surface area contributed by atoms with Gasteiger partial charge in [0.15, 0.2) is 0 Å². The molecule has 2 heterocycles. The molecule has 0 aromatic carbocycles. The van der Waals surface area contributed by atoms with Gasteiger partial charge >= 0.3 is 0 Å². The maximum absolute atomic E-state index is 3.73. The first-order valence-electron chi connectivity index (χ1n) is 7.17. The van der Waals surface area contributed by atoms with Gasteiger partial charge in [-0.15, -0.1) is 11.3 Å². The van der Waals surface area contributed by atoms with Gasteiger partial charge in [-0.25, -0.2) is 0 Å². The molecule has 1 N–H and O–H groups in total. The summed E-state index contributed by atoms with van der Waals surface area (Å²) < 4.78 is 1.23. The number of piperazine rings is 1. The van der Waals surface area contributed by atoms with E-state index in [2.05, 4.69) is 66.0 Å². The molecule has 0 saturated carbocycles. The van der Waals surface area contributed by atoms with Gasteiger partial charge in [-0.05, 0) is 47.3 Å². The molecule has 0 radical (unpaired) electrons. The van der Waals surface area contributed by atoms with Crippen LogP contribution in [0.3, 0.4) is 0 Å². The first-order chi connectivity index (χ1) is 8.94. The van der Waals surface area contributed by atoms with Crippen molar-refractivity contribution < 1.29 is 0 Å². The molecule has 0 spiro atoms. The van der Waals surface area contributed by atoms with Crippen LogP contribution in [0, 0.1) is 5.92 Å². The Morgan fingerprint density at radius 1 is 1.53 bits per heavy atom. The van der Waals surface area contributed by atoms with E-state index in [1.165, 1.54) is 15.1 Å². The first kappa shape index (κ1) is 15.5. The highest BCUT2D eigenvalue weighted by Gasteiger charge is 2.37. The monoisotopic (exact) mass is 344 g/mol. The van der Waals surface area contributed by atoms with Crippen molar-refractivity contribution in [3.63, 3.8) is 0 Å². The fourth-order valence-corrected chi connectivity index (χ4v) is 4.16. The Morgan fingerprint density at radius 2 is 2.26 bits per heavy atom. The molecule has 1 saturated heterocycles. The van der Waals surface area contributed by atoms with Gasteiger partial charge in [-0.1, -0.05) is 20.8 Å². The van der Waals surface area contributed by atoms with Gasteiger partial charge in [0.2, 0.25) is 0 Å². The molecule has 19 heavy (non-hydrogen) atoms. The second kappa shape index (κ2) is 6.25. The van der Waals surface area contributed by atoms with Crippen LogP contribution in [0.15, 0.2) is 15.9 Å². The van der Waals surface area contributed by atoms with Crippen molar-refractivity contribution >= 4 is 27.3 Å². The molecule has 0 amide bonds. The van der Waals surface area contributed by atoms with Gasteiger partial charge in [0, 0.05) is 36.1 Å². The smallest absolute Gasteiger partial charge is 0.0701 e. The van der Waals surface area contributed by atoms with Crippen molar-refractivity contribution in [3.8, 4) is 0 Å². The normalized spacial score (nSPS) is 29.1. The maximum Gasteiger partial charge on any atom is 0.0701 e. The summed E-state index contributed by atoms with van der Waals surface area (Å²) in [5.41, 5.74) is 0.280. The van der Waals surface area contributed by atoms with Crippen molar-refractivity contribution in [1.29, 1.82) is 0 Å². The average Bonchev–Trinajstić information content (AvgIpc) is 2.77. The molecule has 0 aliphatic carbocycles. The highest BCUT2D eigenvalue weighted by Crippen LogP contribution is 2.30. The minimum atomic E-state index is 0.280. The fraction of sp³-hybridized carbons (Fsp3) is 0.733. The summed E-state index contributed by atoms with van der Waals surface area (Å²) in [6, 6.07) is 5.02. The zero-order chi connectivity index (χ0) is 14.0. The van der Waals surface area contributed by atoms with E-state index in [1.807, 2.05) is 11.3 Å². The predicted molar refractivity (Wildman–Crippen MR) is 87.8 cm³/mol. The zero-order valence-electron chi connectivity index (χ0n) is 12.4. The van der Waals surface area contributed by atoms with Gasteiger partial charge in [0.1, 0.15) is 0 Å². The molecular formula is C15H25BrN2S. The predicted octanol–water partition coefficient (Wildman–Crippen LogP) is 4.11. The van der Waals surface area contributed by atoms with Gasteiger partial charge in [-0.3, -0.25) is 4.90 Å². The van der Waals surface area contributed by atoms with Crippen LogP contribution in [0.4, 0.5) is 0 Å². The van der Waals surface area contributed by atoms with E-state index >= 15 is 0 Å². The number of halogens is 1. The van der Waals surface area contributed by atoms with Crippen LogP contribution < -0.4 is 5.32 Å². The van der Waals surface area contributed by atoms with Gasteiger partial charge in [0.05, 0.1) is 3.79 Å². The molecule has 4 heteroatoms. The van der Waals surface area contributed by atoms with Crippen molar-refractivity contribution in [2.75, 3.05) is 13.1 Å². The Hall–Kier alpha value is 0.1000. The standard InChI is InChI=1S/C15H25BrN2S/c1-5-15(4)10-17-13(11(2)3)9-18(15)8-12-6-7-14(16)19-12/h6-7,11,13,17H,5,8-10H2,1-4H3. The first-order valence-corrected chi connectivity index (χ1v) is 8.78. The summed E-state index contributed by atoms with van der Waals surface area (Å²) in [6.45, 7) is 12.6. The van der Waals surface area contributed by atoms with Gasteiger partial charge in [-0.2, -0.15) is 0 Å². The van der Waals surface area contributed by atoms with Crippen LogP contribution in [-0.4, -0.2) is 29.6 Å². The summed E-state index contributed by atoms with van der Waals surface area (Å²) in [6.07, 6.45) is 1.19. The largest absolute Gasteiger partial charge is 0.311 e. The summed E-state index contributed by atoms with van der Waals surface area (Å²) in [7, 11) is 0. The van der Waals surface area contributed by atoms with Crippen LogP contribution in [0.1, 0.15) is 39.0 Å². The lowest BCUT2D eigenvalue weighted by atomic mass is 9.89. The van der Waals surface area contributed by atoms with Crippen molar-refractivity contribution in [3.05, 3.63) is 20.8 Å². The van der Waals surface area contributed by atoms with E-state index in [1.54, 1.807) is 0 Å². The third-order valence-corrected chi connectivity index (χ3v) is 6.08. The van der Waals surface area contributed by atoms with E-state index in [-0.39, 0.29) is 5.54 Å². The second-order valence-corrected chi connectivity index (χ2v) is 8.72. The number of nitrogens with zero attached hydrogens (tertiary/aromatic N) is 1. The number of hydrogen-bond donors (Lipinski definition) is 1. The minimum absolute atomic E-state index is 0.280. The topological polar surface area (TPSA) is 15.3 Å². The molecule has 1 aromatic heterocycles. The van der Waals surface area contributed by atoms with Gasteiger partial charge in [0.25, 0.3) is 0 Å². The lowest BCUT2D eigenvalue weighted by Crippen LogP contribution is -2.63. The molecule has 1 aliphatic rings. The quantitative estimate of drug-likeness (QED) is 0.884. The van der Waals surface area contributed by atoms with E-state index in [0.717, 1.165) is 19.6 Å². The molecule has 2 rings (SSSR count). The highest BCUT2D eigenvalue weighted by atomic mass is 79.9. The lowest BCUT2D eigenvalue weighted by Gasteiger charge is -2.48. The zero-order valence-corrected chi connectivity index (χ0v) is 14.8. The van der Waals surface area contributed by atoms with Crippen LogP contribution in [-0.2, 0) is 6.54 Å². The molecule has 2 atom stereocenters. The van der Waals surface area contributed by atoms with E-state index < -0.39 is 0 Å². The third kappa shape index (κ3) is 3.60. The molecule has 108 valence electrons. The van der Waals surface area contributed by atoms with Gasteiger partial charge < -0.3 is 5.32 Å². The van der Waals surface area contributed by atoms with Crippen LogP contribution in [0.5, 0.6) is 0 Å². The highest BCUT2D eigenvalue weighted by molar-refractivity contribution is 9.11. The SMILES string of the molecule is CCC1(C)CNC(C(C)C)CN1Cc1ccc(Br)s1. The second-order valence-electron chi connectivity index (χ2n) is 6.17. The average molecular weight is 345 g/mol. The molecule has 0 bridgehead atoms. The molecule has 2 nitrogen and oxygen atoms in total. The number of thiophene rings is 1.